The number of hydrogen-bond acceptors (Lipinski definition) is 1. The molecule has 16 heavy (non-hydrogen) atoms. The lowest BCUT2D eigenvalue weighted by molar-refractivity contribution is 0.0725. The summed E-state index contributed by atoms with van der Waals surface area (Å²) in [6.45, 7) is 10.8. The molecular formula is C15H31N. The van der Waals surface area contributed by atoms with Crippen LogP contribution in [0, 0.1) is 5.92 Å². The fraction of sp³-hybridized carbons (Fsp3) is 1.00. The molecule has 0 spiro atoms. The Balaban J connectivity index is 2.57. The Labute approximate surface area is 103 Å². The summed E-state index contributed by atoms with van der Waals surface area (Å²) in [5, 5.41) is 0. The first-order valence-corrected chi connectivity index (χ1v) is 7.46. The minimum absolute atomic E-state index is 0.775. The molecule has 1 rings (SSSR count). The standard InChI is InChI=1S/C15H31N/c1-5-7-12-16(14(4)6-2)15-11-9-8-10-13(15)3/h13-15H,5-12H2,1-4H3. The third-order valence-corrected chi connectivity index (χ3v) is 4.42. The van der Waals surface area contributed by atoms with Crippen molar-refractivity contribution in [2.45, 2.75) is 84.7 Å². The third-order valence-electron chi connectivity index (χ3n) is 4.42. The highest BCUT2D eigenvalue weighted by atomic mass is 15.2. The van der Waals surface area contributed by atoms with E-state index in [0.29, 0.717) is 0 Å². The van der Waals surface area contributed by atoms with Crippen LogP contribution in [0.2, 0.25) is 0 Å². The van der Waals surface area contributed by atoms with Gasteiger partial charge in [-0.05, 0) is 45.1 Å². The lowest BCUT2D eigenvalue weighted by Gasteiger charge is -2.42. The highest BCUT2D eigenvalue weighted by Crippen LogP contribution is 2.30. The molecule has 0 aromatic carbocycles. The lowest BCUT2D eigenvalue weighted by Crippen LogP contribution is -2.46. The van der Waals surface area contributed by atoms with Gasteiger partial charge >= 0.3 is 0 Å². The summed E-state index contributed by atoms with van der Waals surface area (Å²) in [5.74, 6) is 0.916. The van der Waals surface area contributed by atoms with Gasteiger partial charge in [0.1, 0.15) is 0 Å². The molecule has 96 valence electrons. The Hall–Kier alpha value is -0.0400. The van der Waals surface area contributed by atoms with Crippen LogP contribution in [0.15, 0.2) is 0 Å². The second kappa shape index (κ2) is 7.32. The Morgan fingerprint density at radius 2 is 1.88 bits per heavy atom. The van der Waals surface area contributed by atoms with E-state index in [1.807, 2.05) is 0 Å². The van der Waals surface area contributed by atoms with Crippen LogP contribution < -0.4 is 0 Å². The summed E-state index contributed by atoms with van der Waals surface area (Å²) >= 11 is 0. The maximum absolute atomic E-state index is 2.81. The molecule has 3 atom stereocenters. The first-order chi connectivity index (χ1) is 7.70. The predicted molar refractivity (Wildman–Crippen MR) is 72.8 cm³/mol. The number of rotatable bonds is 6. The van der Waals surface area contributed by atoms with Crippen LogP contribution in [-0.2, 0) is 0 Å². The van der Waals surface area contributed by atoms with E-state index < -0.39 is 0 Å². The van der Waals surface area contributed by atoms with Crippen molar-refractivity contribution >= 4 is 0 Å². The Morgan fingerprint density at radius 1 is 1.19 bits per heavy atom. The fourth-order valence-electron chi connectivity index (χ4n) is 3.08. The Morgan fingerprint density at radius 3 is 2.44 bits per heavy atom. The first-order valence-electron chi connectivity index (χ1n) is 7.46. The van der Waals surface area contributed by atoms with Crippen LogP contribution in [0.4, 0.5) is 0 Å². The van der Waals surface area contributed by atoms with E-state index in [0.717, 1.165) is 18.0 Å². The van der Waals surface area contributed by atoms with Crippen LogP contribution in [0.25, 0.3) is 0 Å². The van der Waals surface area contributed by atoms with Gasteiger partial charge in [-0.1, -0.05) is 40.0 Å². The molecule has 1 nitrogen and oxygen atoms in total. The first kappa shape index (κ1) is 14.0. The zero-order valence-electron chi connectivity index (χ0n) is 11.8. The number of nitrogens with zero attached hydrogens (tertiary/aromatic N) is 1. The van der Waals surface area contributed by atoms with Gasteiger partial charge in [-0.25, -0.2) is 0 Å². The normalized spacial score (nSPS) is 28.3. The summed E-state index contributed by atoms with van der Waals surface area (Å²) in [7, 11) is 0. The van der Waals surface area contributed by atoms with Crippen molar-refractivity contribution in [1.29, 1.82) is 0 Å². The minimum atomic E-state index is 0.775. The van der Waals surface area contributed by atoms with Crippen molar-refractivity contribution in [2.24, 2.45) is 5.92 Å². The van der Waals surface area contributed by atoms with Crippen LogP contribution in [0.1, 0.15) is 72.6 Å². The van der Waals surface area contributed by atoms with Crippen molar-refractivity contribution in [1.82, 2.24) is 4.90 Å². The van der Waals surface area contributed by atoms with Gasteiger partial charge in [0.2, 0.25) is 0 Å². The second-order valence-electron chi connectivity index (χ2n) is 5.68. The van der Waals surface area contributed by atoms with Crippen molar-refractivity contribution in [2.75, 3.05) is 6.54 Å². The zero-order valence-corrected chi connectivity index (χ0v) is 11.8. The van der Waals surface area contributed by atoms with E-state index in [4.69, 9.17) is 0 Å². The van der Waals surface area contributed by atoms with Gasteiger partial charge in [0.25, 0.3) is 0 Å². The minimum Gasteiger partial charge on any atom is -0.297 e. The summed E-state index contributed by atoms with van der Waals surface area (Å²) in [6.07, 6.45) is 9.79. The molecule has 1 fully saturated rings. The van der Waals surface area contributed by atoms with E-state index >= 15 is 0 Å². The molecule has 1 saturated carbocycles. The molecule has 0 aliphatic heterocycles. The quantitative estimate of drug-likeness (QED) is 0.645. The van der Waals surface area contributed by atoms with Gasteiger partial charge in [-0.15, -0.1) is 0 Å². The molecule has 1 aliphatic carbocycles. The monoisotopic (exact) mass is 225 g/mol. The van der Waals surface area contributed by atoms with Gasteiger partial charge in [0, 0.05) is 12.1 Å². The number of hydrogen-bond donors (Lipinski definition) is 0. The molecule has 0 N–H and O–H groups in total. The zero-order chi connectivity index (χ0) is 12.0. The molecule has 0 aromatic rings. The number of unbranched alkanes of at least 4 members (excludes halogenated alkanes) is 1. The van der Waals surface area contributed by atoms with E-state index in [1.165, 1.54) is 51.5 Å². The summed E-state index contributed by atoms with van der Waals surface area (Å²) in [4.78, 5) is 2.81. The molecule has 1 heteroatoms. The SMILES string of the molecule is CCCCN(C(C)CC)C1CCCCC1C. The Bertz CT molecular complexity index is 178. The van der Waals surface area contributed by atoms with Crippen LogP contribution >= 0.6 is 0 Å². The van der Waals surface area contributed by atoms with Crippen molar-refractivity contribution < 1.29 is 0 Å². The second-order valence-corrected chi connectivity index (χ2v) is 5.68. The lowest BCUT2D eigenvalue weighted by atomic mass is 9.84. The van der Waals surface area contributed by atoms with Crippen LogP contribution in [-0.4, -0.2) is 23.5 Å². The molecule has 0 amide bonds. The van der Waals surface area contributed by atoms with Crippen molar-refractivity contribution in [3.8, 4) is 0 Å². The van der Waals surface area contributed by atoms with E-state index in [9.17, 15) is 0 Å². The molecule has 0 saturated heterocycles. The summed E-state index contributed by atoms with van der Waals surface area (Å²) in [6, 6.07) is 1.65. The van der Waals surface area contributed by atoms with Crippen molar-refractivity contribution in [3.05, 3.63) is 0 Å². The van der Waals surface area contributed by atoms with Crippen LogP contribution in [0.5, 0.6) is 0 Å². The van der Waals surface area contributed by atoms with E-state index in [2.05, 4.69) is 32.6 Å². The van der Waals surface area contributed by atoms with Gasteiger partial charge < -0.3 is 0 Å². The van der Waals surface area contributed by atoms with Crippen molar-refractivity contribution in [3.63, 3.8) is 0 Å². The van der Waals surface area contributed by atoms with E-state index in [-0.39, 0.29) is 0 Å². The average Bonchev–Trinajstić information content (AvgIpc) is 2.31. The molecular weight excluding hydrogens is 194 g/mol. The Kier molecular flexibility index (Phi) is 6.41. The average molecular weight is 225 g/mol. The maximum Gasteiger partial charge on any atom is 0.0124 e. The highest BCUT2D eigenvalue weighted by Gasteiger charge is 2.28. The predicted octanol–water partition coefficient (Wildman–Crippen LogP) is 4.47. The van der Waals surface area contributed by atoms with Gasteiger partial charge in [-0.3, -0.25) is 4.90 Å². The molecule has 3 unspecified atom stereocenters. The van der Waals surface area contributed by atoms with Gasteiger partial charge in [-0.2, -0.15) is 0 Å². The van der Waals surface area contributed by atoms with Gasteiger partial charge in [0.05, 0.1) is 0 Å². The summed E-state index contributed by atoms with van der Waals surface area (Å²) < 4.78 is 0. The topological polar surface area (TPSA) is 3.24 Å². The molecule has 0 aromatic heterocycles. The molecule has 1 aliphatic rings. The highest BCUT2D eigenvalue weighted by molar-refractivity contribution is 4.83. The smallest absolute Gasteiger partial charge is 0.0124 e. The van der Waals surface area contributed by atoms with Gasteiger partial charge in [0.15, 0.2) is 0 Å². The largest absolute Gasteiger partial charge is 0.297 e. The fourth-order valence-corrected chi connectivity index (χ4v) is 3.08. The molecule has 0 bridgehead atoms. The van der Waals surface area contributed by atoms with Crippen LogP contribution in [0.3, 0.4) is 0 Å². The molecule has 0 heterocycles. The molecule has 0 radical (unpaired) electrons. The third kappa shape index (κ3) is 3.76. The van der Waals surface area contributed by atoms with E-state index in [1.54, 1.807) is 0 Å². The maximum atomic E-state index is 2.81. The summed E-state index contributed by atoms with van der Waals surface area (Å²) in [5.41, 5.74) is 0.